The van der Waals surface area contributed by atoms with Gasteiger partial charge in [-0.15, -0.1) is 0 Å². The van der Waals surface area contributed by atoms with E-state index in [1.807, 2.05) is 35.2 Å². The van der Waals surface area contributed by atoms with E-state index >= 15 is 0 Å². The molecule has 148 valence electrons. The highest BCUT2D eigenvalue weighted by Crippen LogP contribution is 2.29. The normalized spacial score (nSPS) is 13.5. The van der Waals surface area contributed by atoms with Gasteiger partial charge in [-0.1, -0.05) is 24.3 Å². The minimum Gasteiger partial charge on any atom is -0.493 e. The molecule has 0 atom stereocenters. The molecule has 2 aromatic carbocycles. The molecule has 2 aromatic rings. The Balaban J connectivity index is 1.56. The fraction of sp³-hybridized carbons (Fsp3) is 0.333. The lowest BCUT2D eigenvalue weighted by Crippen LogP contribution is -2.44. The van der Waals surface area contributed by atoms with Gasteiger partial charge in [-0.05, 0) is 29.7 Å². The van der Waals surface area contributed by atoms with E-state index in [-0.39, 0.29) is 12.5 Å². The molecule has 0 aliphatic carbocycles. The number of methoxy groups -OCH3 is 2. The molecule has 0 aromatic heterocycles. The van der Waals surface area contributed by atoms with Gasteiger partial charge in [0.1, 0.15) is 0 Å². The maximum atomic E-state index is 12.6. The van der Waals surface area contributed by atoms with Crippen molar-refractivity contribution in [3.05, 3.63) is 53.6 Å². The second-order valence-electron chi connectivity index (χ2n) is 6.45. The molecule has 2 N–H and O–H groups in total. The molecule has 0 saturated carbocycles. The number of aliphatic imine (C=N–C) groups is 1. The SMILES string of the molecule is CN=C(NCC(=O)N1CCc2ccccc2C1)Nc1ccc(OC)c(OC)c1. The summed E-state index contributed by atoms with van der Waals surface area (Å²) in [5.41, 5.74) is 3.32. The lowest BCUT2D eigenvalue weighted by Gasteiger charge is -2.29. The number of ether oxygens (including phenoxy) is 2. The van der Waals surface area contributed by atoms with Crippen LogP contribution >= 0.6 is 0 Å². The van der Waals surface area contributed by atoms with Gasteiger partial charge in [-0.25, -0.2) is 0 Å². The van der Waals surface area contributed by atoms with Crippen LogP contribution in [0.15, 0.2) is 47.5 Å². The van der Waals surface area contributed by atoms with Gasteiger partial charge in [-0.3, -0.25) is 9.79 Å². The zero-order valence-electron chi connectivity index (χ0n) is 16.5. The number of amides is 1. The van der Waals surface area contributed by atoms with E-state index in [2.05, 4.69) is 27.8 Å². The summed E-state index contributed by atoms with van der Waals surface area (Å²) in [5.74, 6) is 1.82. The summed E-state index contributed by atoms with van der Waals surface area (Å²) in [7, 11) is 4.85. The predicted octanol–water partition coefficient (Wildman–Crippen LogP) is 2.28. The first-order valence-electron chi connectivity index (χ1n) is 9.19. The molecular formula is C21H26N4O3. The van der Waals surface area contributed by atoms with Crippen molar-refractivity contribution in [2.45, 2.75) is 13.0 Å². The number of rotatable bonds is 5. The zero-order chi connectivity index (χ0) is 19.9. The van der Waals surface area contributed by atoms with Crippen LogP contribution in [-0.4, -0.2) is 51.1 Å². The lowest BCUT2D eigenvalue weighted by atomic mass is 10.00. The molecule has 0 unspecified atom stereocenters. The van der Waals surface area contributed by atoms with Gasteiger partial charge in [0, 0.05) is 31.9 Å². The third kappa shape index (κ3) is 4.54. The fourth-order valence-corrected chi connectivity index (χ4v) is 3.21. The minimum atomic E-state index is 0.0461. The Morgan fingerprint density at radius 2 is 1.86 bits per heavy atom. The number of anilines is 1. The van der Waals surface area contributed by atoms with Crippen LogP contribution in [0, 0.1) is 0 Å². The Morgan fingerprint density at radius 3 is 2.57 bits per heavy atom. The average Bonchev–Trinajstić information content (AvgIpc) is 2.75. The first kappa shape index (κ1) is 19.5. The third-order valence-electron chi connectivity index (χ3n) is 4.76. The molecule has 7 nitrogen and oxygen atoms in total. The number of nitrogens with zero attached hydrogens (tertiary/aromatic N) is 2. The summed E-state index contributed by atoms with van der Waals surface area (Å²) in [4.78, 5) is 18.7. The smallest absolute Gasteiger partial charge is 0.242 e. The number of benzene rings is 2. The third-order valence-corrected chi connectivity index (χ3v) is 4.76. The maximum Gasteiger partial charge on any atom is 0.242 e. The van der Waals surface area contributed by atoms with Crippen LogP contribution < -0.4 is 20.1 Å². The molecule has 0 fully saturated rings. The van der Waals surface area contributed by atoms with Crippen LogP contribution in [0.2, 0.25) is 0 Å². The van der Waals surface area contributed by atoms with Gasteiger partial charge in [0.25, 0.3) is 0 Å². The van der Waals surface area contributed by atoms with Crippen molar-refractivity contribution in [1.82, 2.24) is 10.2 Å². The molecule has 1 aliphatic heterocycles. The largest absolute Gasteiger partial charge is 0.493 e. The first-order chi connectivity index (χ1) is 13.6. The van der Waals surface area contributed by atoms with Crippen molar-refractivity contribution in [1.29, 1.82) is 0 Å². The van der Waals surface area contributed by atoms with Crippen LogP contribution in [0.1, 0.15) is 11.1 Å². The summed E-state index contributed by atoms with van der Waals surface area (Å²) in [6.07, 6.45) is 0.889. The van der Waals surface area contributed by atoms with Gasteiger partial charge in [0.2, 0.25) is 5.91 Å². The van der Waals surface area contributed by atoms with Crippen LogP contribution in [-0.2, 0) is 17.8 Å². The number of carbonyl (C=O) groups excluding carboxylic acids is 1. The highest BCUT2D eigenvalue weighted by Gasteiger charge is 2.20. The van der Waals surface area contributed by atoms with Crippen LogP contribution in [0.5, 0.6) is 11.5 Å². The van der Waals surface area contributed by atoms with Crippen molar-refractivity contribution >= 4 is 17.6 Å². The van der Waals surface area contributed by atoms with E-state index in [0.29, 0.717) is 24.0 Å². The molecule has 0 radical (unpaired) electrons. The van der Waals surface area contributed by atoms with Gasteiger partial charge < -0.3 is 25.0 Å². The summed E-state index contributed by atoms with van der Waals surface area (Å²) < 4.78 is 10.6. The molecule has 28 heavy (non-hydrogen) atoms. The summed E-state index contributed by atoms with van der Waals surface area (Å²) in [5, 5.41) is 6.24. The molecule has 3 rings (SSSR count). The van der Waals surface area contributed by atoms with E-state index in [4.69, 9.17) is 9.47 Å². The first-order valence-corrected chi connectivity index (χ1v) is 9.19. The van der Waals surface area contributed by atoms with E-state index in [1.165, 1.54) is 11.1 Å². The topological polar surface area (TPSA) is 75.2 Å². The minimum absolute atomic E-state index is 0.0461. The maximum absolute atomic E-state index is 12.6. The van der Waals surface area contributed by atoms with Gasteiger partial charge in [0.05, 0.1) is 20.8 Å². The average molecular weight is 382 g/mol. The van der Waals surface area contributed by atoms with E-state index in [0.717, 1.165) is 18.7 Å². The van der Waals surface area contributed by atoms with Gasteiger partial charge >= 0.3 is 0 Å². The molecule has 0 saturated heterocycles. The summed E-state index contributed by atoms with van der Waals surface area (Å²) in [6, 6.07) is 13.8. The van der Waals surface area contributed by atoms with E-state index < -0.39 is 0 Å². The second kappa shape index (κ2) is 9.12. The van der Waals surface area contributed by atoms with Crippen molar-refractivity contribution in [2.75, 3.05) is 39.7 Å². The number of hydrogen-bond acceptors (Lipinski definition) is 4. The predicted molar refractivity (Wildman–Crippen MR) is 110 cm³/mol. The van der Waals surface area contributed by atoms with Crippen LogP contribution in [0.3, 0.4) is 0 Å². The van der Waals surface area contributed by atoms with Crippen molar-refractivity contribution in [3.63, 3.8) is 0 Å². The number of guanidine groups is 1. The number of fused-ring (bicyclic) bond motifs is 1. The lowest BCUT2D eigenvalue weighted by molar-refractivity contribution is -0.130. The molecule has 1 amide bonds. The number of hydrogen-bond donors (Lipinski definition) is 2. The highest BCUT2D eigenvalue weighted by atomic mass is 16.5. The van der Waals surface area contributed by atoms with Crippen molar-refractivity contribution < 1.29 is 14.3 Å². The van der Waals surface area contributed by atoms with E-state index in [1.54, 1.807) is 21.3 Å². The van der Waals surface area contributed by atoms with Crippen molar-refractivity contribution in [3.8, 4) is 11.5 Å². The number of carbonyl (C=O) groups is 1. The Kier molecular flexibility index (Phi) is 6.37. The monoisotopic (exact) mass is 382 g/mol. The quantitative estimate of drug-likeness (QED) is 0.613. The number of nitrogens with one attached hydrogen (secondary N) is 2. The Morgan fingerprint density at radius 1 is 1.11 bits per heavy atom. The molecule has 7 heteroatoms. The molecule has 0 bridgehead atoms. The Bertz CT molecular complexity index is 866. The molecule has 1 aliphatic rings. The standard InChI is InChI=1S/C21H26N4O3/c1-22-21(24-17-8-9-18(27-2)19(12-17)28-3)23-13-20(26)25-11-10-15-6-4-5-7-16(15)14-25/h4-9,12H,10-11,13-14H2,1-3H3,(H2,22,23,24). The van der Waals surface area contributed by atoms with E-state index in [9.17, 15) is 4.79 Å². The summed E-state index contributed by atoms with van der Waals surface area (Å²) >= 11 is 0. The van der Waals surface area contributed by atoms with Gasteiger partial charge in [0.15, 0.2) is 17.5 Å². The Hall–Kier alpha value is -3.22. The van der Waals surface area contributed by atoms with Crippen molar-refractivity contribution in [2.24, 2.45) is 4.99 Å². The summed E-state index contributed by atoms with van der Waals surface area (Å²) in [6.45, 7) is 1.56. The molecule has 1 heterocycles. The highest BCUT2D eigenvalue weighted by molar-refractivity contribution is 5.96. The van der Waals surface area contributed by atoms with Gasteiger partial charge in [-0.2, -0.15) is 0 Å². The second-order valence-corrected chi connectivity index (χ2v) is 6.45. The molecule has 0 spiro atoms. The fourth-order valence-electron chi connectivity index (χ4n) is 3.21. The van der Waals surface area contributed by atoms with Crippen LogP contribution in [0.25, 0.3) is 0 Å². The molecular weight excluding hydrogens is 356 g/mol. The Labute approximate surface area is 165 Å². The van der Waals surface area contributed by atoms with Crippen LogP contribution in [0.4, 0.5) is 5.69 Å². The zero-order valence-corrected chi connectivity index (χ0v) is 16.5.